The van der Waals surface area contributed by atoms with Gasteiger partial charge in [0, 0.05) is 32.5 Å². The van der Waals surface area contributed by atoms with Crippen LogP contribution in [0.1, 0.15) is 15.9 Å². The van der Waals surface area contributed by atoms with Crippen LogP contribution >= 0.6 is 0 Å². The Morgan fingerprint density at radius 2 is 1.85 bits per heavy atom. The number of hydrogen-bond donors (Lipinski definition) is 1. The first-order valence-corrected chi connectivity index (χ1v) is 9.23. The lowest BCUT2D eigenvalue weighted by molar-refractivity contribution is 0.102. The molecule has 0 aromatic heterocycles. The lowest BCUT2D eigenvalue weighted by atomic mass is 10.1. The average molecular weight is 378 g/mol. The van der Waals surface area contributed by atoms with Crippen LogP contribution in [0.5, 0.6) is 5.75 Å². The van der Waals surface area contributed by atoms with Crippen LogP contribution in [-0.2, 0) is 21.4 Å². The molecule has 1 N–H and O–H groups in total. The number of methoxy groups -OCH3 is 2. The summed E-state index contributed by atoms with van der Waals surface area (Å²) in [7, 11) is 2.12. The summed E-state index contributed by atoms with van der Waals surface area (Å²) in [4.78, 5) is 12.5. The zero-order valence-electron chi connectivity index (χ0n) is 15.1. The van der Waals surface area contributed by atoms with Gasteiger partial charge in [0.2, 0.25) is 10.0 Å². The van der Waals surface area contributed by atoms with E-state index in [9.17, 15) is 13.2 Å². The number of rotatable bonds is 7. The fourth-order valence-electron chi connectivity index (χ4n) is 2.33. The molecular weight excluding hydrogens is 356 g/mol. The summed E-state index contributed by atoms with van der Waals surface area (Å²) in [6.45, 7) is 0.398. The monoisotopic (exact) mass is 378 g/mol. The first-order chi connectivity index (χ1) is 12.3. The van der Waals surface area contributed by atoms with E-state index in [1.54, 1.807) is 31.4 Å². The summed E-state index contributed by atoms with van der Waals surface area (Å²) in [6.07, 6.45) is 0. The third-order valence-corrected chi connectivity index (χ3v) is 5.52. The van der Waals surface area contributed by atoms with Gasteiger partial charge >= 0.3 is 0 Å². The van der Waals surface area contributed by atoms with E-state index in [0.717, 1.165) is 9.87 Å². The van der Waals surface area contributed by atoms with E-state index >= 15 is 0 Å². The second-order valence-corrected chi connectivity index (χ2v) is 7.86. The highest BCUT2D eigenvalue weighted by Gasteiger charge is 2.23. The van der Waals surface area contributed by atoms with Crippen molar-refractivity contribution in [3.05, 3.63) is 53.6 Å². The van der Waals surface area contributed by atoms with Gasteiger partial charge in [0.05, 0.1) is 13.7 Å². The van der Waals surface area contributed by atoms with Gasteiger partial charge in [-0.05, 0) is 35.9 Å². The summed E-state index contributed by atoms with van der Waals surface area (Å²) < 4.78 is 36.2. The molecule has 0 atom stereocenters. The number of nitrogens with zero attached hydrogens (tertiary/aromatic N) is 1. The van der Waals surface area contributed by atoms with E-state index in [0.29, 0.717) is 17.9 Å². The van der Waals surface area contributed by atoms with E-state index < -0.39 is 10.0 Å². The predicted octanol–water partition coefficient (Wildman–Crippen LogP) is 2.34. The third-order valence-electron chi connectivity index (χ3n) is 3.68. The van der Waals surface area contributed by atoms with Gasteiger partial charge in [-0.3, -0.25) is 4.79 Å². The predicted molar refractivity (Wildman–Crippen MR) is 99.0 cm³/mol. The second kappa shape index (κ2) is 8.31. The van der Waals surface area contributed by atoms with E-state index in [2.05, 4.69) is 5.32 Å². The summed E-state index contributed by atoms with van der Waals surface area (Å²) in [5.41, 5.74) is 1.67. The molecule has 0 unspecified atom stereocenters. The maximum atomic E-state index is 12.5. The molecule has 0 aliphatic carbocycles. The molecule has 2 rings (SSSR count). The number of carbonyl (C=O) groups is 1. The standard InChI is InChI=1S/C18H22N2O5S/c1-20(2)26(22,23)17-11-15(8-9-16(17)25-4)19-18(21)14-7-5-6-13(10-14)12-24-3/h5-11H,12H2,1-4H3,(H,19,21). The molecule has 0 spiro atoms. The van der Waals surface area contributed by atoms with Gasteiger partial charge in [-0.2, -0.15) is 0 Å². The Labute approximate surface area is 153 Å². The number of nitrogens with one attached hydrogen (secondary N) is 1. The van der Waals surface area contributed by atoms with Crippen LogP contribution in [-0.4, -0.2) is 46.9 Å². The van der Waals surface area contributed by atoms with Crippen LogP contribution in [0.2, 0.25) is 0 Å². The van der Waals surface area contributed by atoms with Gasteiger partial charge < -0.3 is 14.8 Å². The quantitative estimate of drug-likeness (QED) is 0.799. The fourth-order valence-corrected chi connectivity index (χ4v) is 3.40. The minimum Gasteiger partial charge on any atom is -0.495 e. The molecule has 0 fully saturated rings. The summed E-state index contributed by atoms with van der Waals surface area (Å²) >= 11 is 0. The number of amides is 1. The van der Waals surface area contributed by atoms with E-state index in [4.69, 9.17) is 9.47 Å². The molecule has 8 heteroatoms. The zero-order valence-corrected chi connectivity index (χ0v) is 16.0. The molecule has 1 amide bonds. The average Bonchev–Trinajstić information content (AvgIpc) is 2.62. The van der Waals surface area contributed by atoms with Crippen LogP contribution in [0.3, 0.4) is 0 Å². The topological polar surface area (TPSA) is 84.9 Å². The van der Waals surface area contributed by atoms with Gasteiger partial charge in [0.15, 0.2) is 0 Å². The lowest BCUT2D eigenvalue weighted by Gasteiger charge is -2.16. The van der Waals surface area contributed by atoms with Crippen LogP contribution in [0.4, 0.5) is 5.69 Å². The molecular formula is C18H22N2O5S. The number of anilines is 1. The normalized spacial score (nSPS) is 11.4. The summed E-state index contributed by atoms with van der Waals surface area (Å²) in [5.74, 6) is -0.139. The molecule has 7 nitrogen and oxygen atoms in total. The minimum atomic E-state index is -3.72. The fraction of sp³-hybridized carbons (Fsp3) is 0.278. The van der Waals surface area contributed by atoms with E-state index in [1.165, 1.54) is 33.3 Å². The van der Waals surface area contributed by atoms with Crippen molar-refractivity contribution in [2.45, 2.75) is 11.5 Å². The lowest BCUT2D eigenvalue weighted by Crippen LogP contribution is -2.23. The highest BCUT2D eigenvalue weighted by Crippen LogP contribution is 2.29. The van der Waals surface area contributed by atoms with Gasteiger partial charge in [-0.1, -0.05) is 12.1 Å². The molecule has 140 valence electrons. The van der Waals surface area contributed by atoms with Crippen LogP contribution in [0, 0.1) is 0 Å². The van der Waals surface area contributed by atoms with Crippen LogP contribution in [0.15, 0.2) is 47.4 Å². The molecule has 0 aliphatic rings. The van der Waals surface area contributed by atoms with Gasteiger partial charge in [0.25, 0.3) is 5.91 Å². The molecule has 0 radical (unpaired) electrons. The van der Waals surface area contributed by atoms with Crippen molar-refractivity contribution in [3.63, 3.8) is 0 Å². The molecule has 0 saturated carbocycles. The number of hydrogen-bond acceptors (Lipinski definition) is 5. The van der Waals surface area contributed by atoms with Crippen LogP contribution < -0.4 is 10.1 Å². The smallest absolute Gasteiger partial charge is 0.255 e. The van der Waals surface area contributed by atoms with E-state index in [1.807, 2.05) is 6.07 Å². The number of sulfonamides is 1. The maximum Gasteiger partial charge on any atom is 0.255 e. The maximum absolute atomic E-state index is 12.5. The minimum absolute atomic E-state index is 0.0177. The number of carbonyl (C=O) groups excluding carboxylic acids is 1. The summed E-state index contributed by atoms with van der Waals surface area (Å²) in [5, 5.41) is 2.71. The first kappa shape index (κ1) is 19.9. The summed E-state index contributed by atoms with van der Waals surface area (Å²) in [6, 6.07) is 11.5. The molecule has 0 saturated heterocycles. The SMILES string of the molecule is COCc1cccc(C(=O)Nc2ccc(OC)c(S(=O)(=O)N(C)C)c2)c1. The Hall–Kier alpha value is -2.42. The molecule has 26 heavy (non-hydrogen) atoms. The van der Waals surface area contributed by atoms with Crippen molar-refractivity contribution in [3.8, 4) is 5.75 Å². The van der Waals surface area contributed by atoms with Gasteiger partial charge in [-0.15, -0.1) is 0 Å². The van der Waals surface area contributed by atoms with E-state index in [-0.39, 0.29) is 16.6 Å². The molecule has 0 heterocycles. The second-order valence-electron chi connectivity index (χ2n) is 5.74. The van der Waals surface area contributed by atoms with Gasteiger partial charge in [0.1, 0.15) is 10.6 Å². The Bertz CT molecular complexity index is 894. The molecule has 2 aromatic rings. The van der Waals surface area contributed by atoms with Crippen molar-refractivity contribution < 1.29 is 22.7 Å². The highest BCUT2D eigenvalue weighted by molar-refractivity contribution is 7.89. The van der Waals surface area contributed by atoms with Crippen molar-refractivity contribution in [2.24, 2.45) is 0 Å². The largest absolute Gasteiger partial charge is 0.495 e. The number of ether oxygens (including phenoxy) is 2. The van der Waals surface area contributed by atoms with Crippen molar-refractivity contribution in [1.82, 2.24) is 4.31 Å². The Kier molecular flexibility index (Phi) is 6.36. The van der Waals surface area contributed by atoms with Crippen molar-refractivity contribution in [2.75, 3.05) is 33.6 Å². The molecule has 0 aliphatic heterocycles. The van der Waals surface area contributed by atoms with Gasteiger partial charge in [-0.25, -0.2) is 12.7 Å². The highest BCUT2D eigenvalue weighted by atomic mass is 32.2. The zero-order chi connectivity index (χ0) is 19.3. The number of benzene rings is 2. The Morgan fingerprint density at radius 3 is 2.46 bits per heavy atom. The molecule has 2 aromatic carbocycles. The van der Waals surface area contributed by atoms with Crippen molar-refractivity contribution >= 4 is 21.6 Å². The van der Waals surface area contributed by atoms with Crippen molar-refractivity contribution in [1.29, 1.82) is 0 Å². The third kappa shape index (κ3) is 4.40. The molecule has 0 bridgehead atoms. The van der Waals surface area contributed by atoms with Crippen LogP contribution in [0.25, 0.3) is 0 Å². The first-order valence-electron chi connectivity index (χ1n) is 7.79. The Morgan fingerprint density at radius 1 is 1.12 bits per heavy atom. The Balaban J connectivity index is 2.33.